The van der Waals surface area contributed by atoms with Gasteiger partial charge in [-0.1, -0.05) is 120 Å². The zero-order valence-corrected chi connectivity index (χ0v) is 22.6. The molecule has 0 heterocycles. The molecule has 0 aliphatic rings. The van der Waals surface area contributed by atoms with Crippen molar-refractivity contribution in [1.82, 2.24) is 0 Å². The fourth-order valence-corrected chi connectivity index (χ4v) is 6.97. The van der Waals surface area contributed by atoms with Gasteiger partial charge in [0.05, 0.1) is 7.11 Å². The third kappa shape index (κ3) is 6.05. The van der Waals surface area contributed by atoms with Crippen LogP contribution in [0.15, 0.2) is 97.1 Å². The van der Waals surface area contributed by atoms with Gasteiger partial charge in [0, 0.05) is 22.4 Å². The molecule has 2 atom stereocenters. The largest absolute Gasteiger partial charge is 0.496 e. The monoisotopic (exact) mass is 498 g/mol. The van der Waals surface area contributed by atoms with Crippen LogP contribution in [0.1, 0.15) is 60.9 Å². The molecule has 3 heteroatoms. The highest BCUT2D eigenvalue weighted by atomic mass is 31.1. The summed E-state index contributed by atoms with van der Waals surface area (Å²) in [5, 5.41) is 0.605. The Morgan fingerprint density at radius 2 is 1.36 bits per heavy atom. The van der Waals surface area contributed by atoms with E-state index in [2.05, 4.69) is 86.6 Å². The Morgan fingerprint density at radius 1 is 0.750 bits per heavy atom. The van der Waals surface area contributed by atoms with E-state index in [1.165, 1.54) is 27.8 Å². The molecule has 0 aliphatic carbocycles. The summed E-state index contributed by atoms with van der Waals surface area (Å²) in [7, 11) is 2.10. The van der Waals surface area contributed by atoms with Gasteiger partial charge < -0.3 is 4.74 Å². The molecule has 4 aromatic carbocycles. The molecule has 0 saturated carbocycles. The van der Waals surface area contributed by atoms with Gasteiger partial charge in [0.25, 0.3) is 0 Å². The summed E-state index contributed by atoms with van der Waals surface area (Å²) in [6.07, 6.45) is 4.58. The van der Waals surface area contributed by atoms with Crippen LogP contribution in [0, 0.1) is 5.82 Å². The molecule has 0 saturated heterocycles. The molecule has 0 spiro atoms. The van der Waals surface area contributed by atoms with Gasteiger partial charge >= 0.3 is 0 Å². The van der Waals surface area contributed by atoms with Crippen molar-refractivity contribution in [3.05, 3.63) is 131 Å². The first-order chi connectivity index (χ1) is 17.6. The van der Waals surface area contributed by atoms with Crippen LogP contribution in [-0.4, -0.2) is 7.11 Å². The number of methoxy groups -OCH3 is 1. The van der Waals surface area contributed by atoms with Crippen LogP contribution in [-0.2, 0) is 18.0 Å². The molecule has 4 aromatic rings. The Kier molecular flexibility index (Phi) is 8.94. The smallest absolute Gasteiger partial charge is 0.130 e. The van der Waals surface area contributed by atoms with Gasteiger partial charge in [0.2, 0.25) is 0 Å². The van der Waals surface area contributed by atoms with Crippen molar-refractivity contribution in [2.75, 3.05) is 7.11 Å². The van der Waals surface area contributed by atoms with Gasteiger partial charge in [0.1, 0.15) is 11.6 Å². The summed E-state index contributed by atoms with van der Waals surface area (Å²) in [4.78, 5) is 0. The maximum absolute atomic E-state index is 14.9. The predicted molar refractivity (Wildman–Crippen MR) is 153 cm³/mol. The minimum Gasteiger partial charge on any atom is -0.496 e. The Morgan fingerprint density at radius 3 is 1.94 bits per heavy atom. The first-order valence-corrected chi connectivity index (χ1v) is 13.9. The van der Waals surface area contributed by atoms with E-state index in [4.69, 9.17) is 4.74 Å². The van der Waals surface area contributed by atoms with E-state index in [0.29, 0.717) is 8.58 Å². The summed E-state index contributed by atoms with van der Waals surface area (Å²) >= 11 is 0. The van der Waals surface area contributed by atoms with Crippen molar-refractivity contribution < 1.29 is 9.13 Å². The van der Waals surface area contributed by atoms with E-state index in [0.717, 1.165) is 43.2 Å². The van der Waals surface area contributed by atoms with Crippen LogP contribution in [0.2, 0.25) is 0 Å². The summed E-state index contributed by atoms with van der Waals surface area (Å²) in [6.45, 7) is 4.46. The number of rotatable bonds is 11. The summed E-state index contributed by atoms with van der Waals surface area (Å²) in [6, 6.07) is 33.1. The molecule has 0 bridgehead atoms. The maximum Gasteiger partial charge on any atom is 0.130 e. The summed E-state index contributed by atoms with van der Waals surface area (Å²) < 4.78 is 21.1. The second-order valence-electron chi connectivity index (χ2n) is 9.45. The molecule has 36 heavy (non-hydrogen) atoms. The zero-order chi connectivity index (χ0) is 25.4. The van der Waals surface area contributed by atoms with E-state index in [1.807, 2.05) is 12.1 Å². The Labute approximate surface area is 217 Å². The van der Waals surface area contributed by atoms with Crippen molar-refractivity contribution in [3.63, 3.8) is 0 Å². The van der Waals surface area contributed by atoms with Crippen LogP contribution in [0.5, 0.6) is 5.75 Å². The number of hydrogen-bond donors (Lipinski definition) is 0. The van der Waals surface area contributed by atoms with Crippen LogP contribution in [0.3, 0.4) is 0 Å². The first-order valence-electron chi connectivity index (χ1n) is 12.9. The Bertz CT molecular complexity index is 1260. The number of ether oxygens (including phenoxy) is 1. The van der Waals surface area contributed by atoms with Crippen molar-refractivity contribution in [2.45, 2.75) is 51.1 Å². The molecule has 0 aliphatic heterocycles. The van der Waals surface area contributed by atoms with Crippen LogP contribution < -0.4 is 10.0 Å². The van der Waals surface area contributed by atoms with Crippen LogP contribution >= 0.6 is 8.58 Å². The topological polar surface area (TPSA) is 9.23 Å². The minimum absolute atomic E-state index is 0.117. The van der Waals surface area contributed by atoms with Gasteiger partial charge in [-0.15, -0.1) is 0 Å². The lowest BCUT2D eigenvalue weighted by Gasteiger charge is -2.36. The molecule has 2 unspecified atom stereocenters. The molecule has 0 amide bonds. The average Bonchev–Trinajstić information content (AvgIpc) is 2.90. The average molecular weight is 499 g/mol. The van der Waals surface area contributed by atoms with Crippen molar-refractivity contribution in [1.29, 1.82) is 0 Å². The van der Waals surface area contributed by atoms with Gasteiger partial charge in [-0.25, -0.2) is 4.39 Å². The lowest BCUT2D eigenvalue weighted by atomic mass is 9.85. The SMILES string of the molecule is CCCC(CC)(Pc1ccccc1F)c1cc(Cc2ccccc2)cc(Cc2ccccc2)c1OC. The molecule has 186 valence electrons. The lowest BCUT2D eigenvalue weighted by molar-refractivity contribution is 0.392. The fourth-order valence-electron chi connectivity index (χ4n) is 5.20. The van der Waals surface area contributed by atoms with Gasteiger partial charge in [-0.3, -0.25) is 0 Å². The van der Waals surface area contributed by atoms with E-state index in [9.17, 15) is 4.39 Å². The van der Waals surface area contributed by atoms with Crippen LogP contribution in [0.25, 0.3) is 0 Å². The number of halogens is 1. The van der Waals surface area contributed by atoms with Gasteiger partial charge in [-0.2, -0.15) is 0 Å². The highest BCUT2D eigenvalue weighted by molar-refractivity contribution is 7.48. The van der Waals surface area contributed by atoms with Crippen LogP contribution in [0.4, 0.5) is 4.39 Å². The quantitative estimate of drug-likeness (QED) is 0.189. The summed E-state index contributed by atoms with van der Waals surface area (Å²) in [5.41, 5.74) is 6.23. The van der Waals surface area contributed by atoms with Crippen molar-refractivity contribution in [2.24, 2.45) is 0 Å². The molecule has 0 N–H and O–H groups in total. The standard InChI is InChI=1S/C33H36FOP/c1-4-20-33(5-2,36-31-19-13-12-18-30(31)34)29-24-27(21-25-14-8-6-9-15-25)23-28(32(29)35-3)22-26-16-10-7-11-17-26/h6-19,23-24,36H,4-5,20-22H2,1-3H3. The molecule has 1 nitrogen and oxygen atoms in total. The third-order valence-corrected chi connectivity index (χ3v) is 8.99. The fraction of sp³-hybridized carbons (Fsp3) is 0.273. The first kappa shape index (κ1) is 26.1. The Hall–Kier alpha value is -2.96. The number of hydrogen-bond acceptors (Lipinski definition) is 1. The zero-order valence-electron chi connectivity index (χ0n) is 21.6. The maximum atomic E-state index is 14.9. The molecule has 0 fully saturated rings. The highest BCUT2D eigenvalue weighted by Gasteiger charge is 2.35. The highest BCUT2D eigenvalue weighted by Crippen LogP contribution is 2.52. The van der Waals surface area contributed by atoms with Gasteiger partial charge in [0.15, 0.2) is 0 Å². The Balaban J connectivity index is 1.89. The third-order valence-electron chi connectivity index (χ3n) is 6.96. The molecule has 0 radical (unpaired) electrons. The summed E-state index contributed by atoms with van der Waals surface area (Å²) in [5.74, 6) is 0.837. The second kappa shape index (κ2) is 12.3. The van der Waals surface area contributed by atoms with E-state index in [-0.39, 0.29) is 11.0 Å². The van der Waals surface area contributed by atoms with Gasteiger partial charge in [-0.05, 0) is 47.6 Å². The predicted octanol–water partition coefficient (Wildman–Crippen LogP) is 8.43. The molecular weight excluding hydrogens is 462 g/mol. The lowest BCUT2D eigenvalue weighted by Crippen LogP contribution is -2.25. The minimum atomic E-state index is -0.194. The van der Waals surface area contributed by atoms with Crippen molar-refractivity contribution >= 4 is 13.9 Å². The molecule has 4 rings (SSSR count). The second-order valence-corrected chi connectivity index (χ2v) is 11.2. The molecular formula is C33H36FOP. The van der Waals surface area contributed by atoms with E-state index < -0.39 is 0 Å². The van der Waals surface area contributed by atoms with Crippen molar-refractivity contribution in [3.8, 4) is 5.75 Å². The van der Waals surface area contributed by atoms with E-state index in [1.54, 1.807) is 19.2 Å². The normalized spacial score (nSPS) is 13.1. The molecule has 0 aromatic heterocycles. The number of benzene rings is 4. The van der Waals surface area contributed by atoms with E-state index >= 15 is 0 Å².